The van der Waals surface area contributed by atoms with Gasteiger partial charge < -0.3 is 10.6 Å². The molecule has 0 heterocycles. The van der Waals surface area contributed by atoms with Crippen molar-refractivity contribution in [2.45, 2.75) is 27.3 Å². The molecule has 0 fully saturated rings. The Morgan fingerprint density at radius 2 is 1.94 bits per heavy atom. The lowest BCUT2D eigenvalue weighted by atomic mass is 10.1. The summed E-state index contributed by atoms with van der Waals surface area (Å²) < 4.78 is 0. The highest BCUT2D eigenvalue weighted by molar-refractivity contribution is 5.73. The zero-order chi connectivity index (χ0) is 12.0. The lowest BCUT2D eigenvalue weighted by molar-refractivity contribution is 0.239. The van der Waals surface area contributed by atoms with E-state index in [0.717, 1.165) is 5.56 Å². The first-order valence-electron chi connectivity index (χ1n) is 5.66. The van der Waals surface area contributed by atoms with Gasteiger partial charge in [0.1, 0.15) is 0 Å². The van der Waals surface area contributed by atoms with E-state index in [-0.39, 0.29) is 6.03 Å². The number of amides is 2. The normalized spacial score (nSPS) is 10.2. The van der Waals surface area contributed by atoms with Gasteiger partial charge in [-0.3, -0.25) is 0 Å². The molecule has 1 rings (SSSR count). The van der Waals surface area contributed by atoms with E-state index in [1.165, 1.54) is 5.56 Å². The molecule has 0 aliphatic carbocycles. The molecule has 16 heavy (non-hydrogen) atoms. The summed E-state index contributed by atoms with van der Waals surface area (Å²) in [5, 5.41) is 5.67. The van der Waals surface area contributed by atoms with E-state index in [1.807, 2.05) is 31.2 Å². The van der Waals surface area contributed by atoms with Gasteiger partial charge >= 0.3 is 6.03 Å². The minimum absolute atomic E-state index is 0.100. The highest BCUT2D eigenvalue weighted by Crippen LogP contribution is 2.05. The molecule has 1 aromatic rings. The van der Waals surface area contributed by atoms with Gasteiger partial charge in [0.25, 0.3) is 0 Å². The van der Waals surface area contributed by atoms with Crippen LogP contribution in [0.3, 0.4) is 0 Å². The van der Waals surface area contributed by atoms with E-state index >= 15 is 0 Å². The molecule has 0 unspecified atom stereocenters. The quantitative estimate of drug-likeness (QED) is 0.804. The van der Waals surface area contributed by atoms with Gasteiger partial charge in [-0.25, -0.2) is 4.79 Å². The molecule has 0 saturated carbocycles. The van der Waals surface area contributed by atoms with E-state index in [1.54, 1.807) is 0 Å². The minimum Gasteiger partial charge on any atom is -0.338 e. The molecule has 0 atom stereocenters. The first-order chi connectivity index (χ1) is 7.59. The van der Waals surface area contributed by atoms with Crippen LogP contribution >= 0.6 is 0 Å². The maximum Gasteiger partial charge on any atom is 0.315 e. The molecular formula is C13H20N2O. The van der Waals surface area contributed by atoms with Crippen LogP contribution in [0.1, 0.15) is 25.0 Å². The first kappa shape index (κ1) is 12.6. The van der Waals surface area contributed by atoms with Gasteiger partial charge in [-0.05, 0) is 24.0 Å². The monoisotopic (exact) mass is 220 g/mol. The second-order valence-corrected chi connectivity index (χ2v) is 4.38. The molecule has 0 saturated heterocycles. The van der Waals surface area contributed by atoms with Gasteiger partial charge in [-0.15, -0.1) is 0 Å². The van der Waals surface area contributed by atoms with Crippen LogP contribution in [0, 0.1) is 12.8 Å². The maximum atomic E-state index is 11.4. The molecule has 0 aromatic heterocycles. The Bertz CT molecular complexity index is 348. The topological polar surface area (TPSA) is 41.1 Å². The molecule has 0 aliphatic heterocycles. The van der Waals surface area contributed by atoms with Crippen LogP contribution in [0.5, 0.6) is 0 Å². The van der Waals surface area contributed by atoms with Crippen molar-refractivity contribution in [1.82, 2.24) is 10.6 Å². The molecule has 0 aliphatic rings. The van der Waals surface area contributed by atoms with Gasteiger partial charge in [0.2, 0.25) is 0 Å². The van der Waals surface area contributed by atoms with Crippen LogP contribution in [0.2, 0.25) is 0 Å². The fourth-order valence-corrected chi connectivity index (χ4v) is 1.34. The van der Waals surface area contributed by atoms with Crippen LogP contribution < -0.4 is 10.6 Å². The predicted molar refractivity (Wildman–Crippen MR) is 66.3 cm³/mol. The number of nitrogens with one attached hydrogen (secondary N) is 2. The third-order valence-corrected chi connectivity index (χ3v) is 2.37. The minimum atomic E-state index is -0.100. The van der Waals surface area contributed by atoms with E-state index in [0.29, 0.717) is 19.0 Å². The van der Waals surface area contributed by atoms with E-state index < -0.39 is 0 Å². The molecule has 3 heteroatoms. The summed E-state index contributed by atoms with van der Waals surface area (Å²) in [7, 11) is 0. The number of rotatable bonds is 4. The van der Waals surface area contributed by atoms with Crippen molar-refractivity contribution in [1.29, 1.82) is 0 Å². The number of hydrogen-bond acceptors (Lipinski definition) is 1. The predicted octanol–water partition coefficient (Wildman–Crippen LogP) is 2.45. The summed E-state index contributed by atoms with van der Waals surface area (Å²) in [6.07, 6.45) is 0. The fraction of sp³-hybridized carbons (Fsp3) is 0.462. The summed E-state index contributed by atoms with van der Waals surface area (Å²) in [4.78, 5) is 11.4. The molecule has 2 N–H and O–H groups in total. The standard InChI is InChI=1S/C13H20N2O/c1-10(2)8-14-13(16)15-9-12-7-5-4-6-11(12)3/h4-7,10H,8-9H2,1-3H3,(H2,14,15,16). The molecule has 1 aromatic carbocycles. The highest BCUT2D eigenvalue weighted by Gasteiger charge is 2.02. The second kappa shape index (κ2) is 6.16. The Kier molecular flexibility index (Phi) is 4.83. The summed E-state index contributed by atoms with van der Waals surface area (Å²) >= 11 is 0. The second-order valence-electron chi connectivity index (χ2n) is 4.38. The number of urea groups is 1. The van der Waals surface area contributed by atoms with Crippen LogP contribution in [-0.2, 0) is 6.54 Å². The van der Waals surface area contributed by atoms with E-state index in [2.05, 4.69) is 24.5 Å². The number of hydrogen-bond donors (Lipinski definition) is 2. The lowest BCUT2D eigenvalue weighted by Crippen LogP contribution is -2.37. The Balaban J connectivity index is 2.35. The summed E-state index contributed by atoms with van der Waals surface area (Å²) in [6.45, 7) is 7.47. The molecule has 88 valence electrons. The number of carbonyl (C=O) groups excluding carboxylic acids is 1. The largest absolute Gasteiger partial charge is 0.338 e. The zero-order valence-corrected chi connectivity index (χ0v) is 10.2. The van der Waals surface area contributed by atoms with Crippen LogP contribution in [0.25, 0.3) is 0 Å². The van der Waals surface area contributed by atoms with Gasteiger partial charge in [0.05, 0.1) is 0 Å². The van der Waals surface area contributed by atoms with Crippen LogP contribution in [0.4, 0.5) is 4.79 Å². The summed E-state index contributed by atoms with van der Waals surface area (Å²) in [6, 6.07) is 7.95. The highest BCUT2D eigenvalue weighted by atomic mass is 16.2. The smallest absolute Gasteiger partial charge is 0.315 e. The van der Waals surface area contributed by atoms with Crippen LogP contribution in [0.15, 0.2) is 24.3 Å². The summed E-state index contributed by atoms with van der Waals surface area (Å²) in [5.74, 6) is 0.476. The van der Waals surface area contributed by atoms with Gasteiger partial charge in [-0.2, -0.15) is 0 Å². The van der Waals surface area contributed by atoms with E-state index in [4.69, 9.17) is 0 Å². The van der Waals surface area contributed by atoms with Crippen molar-refractivity contribution in [2.75, 3.05) is 6.54 Å². The van der Waals surface area contributed by atoms with Crippen molar-refractivity contribution in [3.63, 3.8) is 0 Å². The van der Waals surface area contributed by atoms with Crippen molar-refractivity contribution >= 4 is 6.03 Å². The summed E-state index contributed by atoms with van der Waals surface area (Å²) in [5.41, 5.74) is 2.36. The van der Waals surface area contributed by atoms with Gasteiger partial charge in [0, 0.05) is 13.1 Å². The van der Waals surface area contributed by atoms with E-state index in [9.17, 15) is 4.79 Å². The fourth-order valence-electron chi connectivity index (χ4n) is 1.34. The average molecular weight is 220 g/mol. The van der Waals surface area contributed by atoms with Crippen molar-refractivity contribution in [2.24, 2.45) is 5.92 Å². The Hall–Kier alpha value is -1.51. The number of aryl methyl sites for hydroxylation is 1. The van der Waals surface area contributed by atoms with Gasteiger partial charge in [-0.1, -0.05) is 38.1 Å². The maximum absolute atomic E-state index is 11.4. The molecule has 3 nitrogen and oxygen atoms in total. The Labute approximate surface area is 97.2 Å². The number of carbonyl (C=O) groups is 1. The lowest BCUT2D eigenvalue weighted by Gasteiger charge is -2.10. The third-order valence-electron chi connectivity index (χ3n) is 2.37. The molecule has 2 amide bonds. The molecule has 0 radical (unpaired) electrons. The molecule has 0 spiro atoms. The molecule has 0 bridgehead atoms. The molecular weight excluding hydrogens is 200 g/mol. The zero-order valence-electron chi connectivity index (χ0n) is 10.2. The van der Waals surface area contributed by atoms with Crippen molar-refractivity contribution in [3.05, 3.63) is 35.4 Å². The van der Waals surface area contributed by atoms with Crippen molar-refractivity contribution in [3.8, 4) is 0 Å². The average Bonchev–Trinajstić information content (AvgIpc) is 2.25. The van der Waals surface area contributed by atoms with Crippen LogP contribution in [-0.4, -0.2) is 12.6 Å². The van der Waals surface area contributed by atoms with Gasteiger partial charge in [0.15, 0.2) is 0 Å². The van der Waals surface area contributed by atoms with Crippen molar-refractivity contribution < 1.29 is 4.79 Å². The number of benzene rings is 1. The Morgan fingerprint density at radius 1 is 1.25 bits per heavy atom. The Morgan fingerprint density at radius 3 is 2.56 bits per heavy atom. The first-order valence-corrected chi connectivity index (χ1v) is 5.66. The third kappa shape index (κ3) is 4.34. The SMILES string of the molecule is Cc1ccccc1CNC(=O)NCC(C)C.